The Morgan fingerprint density at radius 3 is 1.42 bits per heavy atom. The SMILES string of the molecule is C=C1CC[C@@]2(O)[C@H]3Cc4ccc(O)c5c4[C@@]2(CCN3CC2CC2)[C@H]1O5.N[C@@H]1CC[C@@]2(O)[C@H]3Cc4ccc(O)c5c4[C@@]2(CCN3CC2CC2)[C@H]1O5.Oc1ccc2c3c1O[C@H]1[C@@H](O)CC[C@@]4(O)[C@@H](C2)N(CC2CCC2)CC[C@]314. The zero-order valence-electron chi connectivity index (χ0n) is 44.0. The third kappa shape index (κ3) is 5.96. The number of phenolic OH excluding ortho intramolecular Hbond substituents is 3. The van der Waals surface area contributed by atoms with Crippen molar-refractivity contribution in [2.24, 2.45) is 23.5 Å². The lowest BCUT2D eigenvalue weighted by molar-refractivity contribution is -0.209. The molecule has 6 heterocycles. The molecule has 0 unspecified atom stereocenters. The summed E-state index contributed by atoms with van der Waals surface area (Å²) in [7, 11) is 0. The van der Waals surface area contributed by atoms with Gasteiger partial charge in [-0.25, -0.2) is 0 Å². The van der Waals surface area contributed by atoms with Gasteiger partial charge < -0.3 is 55.7 Å². The van der Waals surface area contributed by atoms with Crippen molar-refractivity contribution in [3.8, 4) is 34.5 Å². The van der Waals surface area contributed by atoms with E-state index in [2.05, 4.69) is 21.3 Å². The van der Waals surface area contributed by atoms with E-state index in [-0.39, 0.29) is 53.6 Å². The van der Waals surface area contributed by atoms with E-state index < -0.39 is 45.3 Å². The number of nitrogens with zero attached hydrogens (tertiary/aromatic N) is 3. The van der Waals surface area contributed by atoms with Crippen LogP contribution in [0.25, 0.3) is 0 Å². The molecule has 3 spiro atoms. The van der Waals surface area contributed by atoms with Crippen LogP contribution >= 0.6 is 0 Å². The summed E-state index contributed by atoms with van der Waals surface area (Å²) in [5.41, 5.74) is 10.4. The number of hydrogen-bond donors (Lipinski definition) is 8. The third-order valence-corrected chi connectivity index (χ3v) is 23.8. The molecule has 14 heteroatoms. The fourth-order valence-corrected chi connectivity index (χ4v) is 19.7. The molecular formula is C62H78N4O10. The van der Waals surface area contributed by atoms with Gasteiger partial charge in [0, 0.05) is 60.5 Å². The monoisotopic (exact) mass is 1040 g/mol. The third-order valence-electron chi connectivity index (χ3n) is 23.8. The number of aliphatic hydroxyl groups is 4. The van der Waals surface area contributed by atoms with Crippen molar-refractivity contribution in [2.45, 2.75) is 204 Å². The zero-order valence-corrected chi connectivity index (χ0v) is 44.0. The Morgan fingerprint density at radius 2 is 0.934 bits per heavy atom. The number of nitrogens with two attached hydrogens (primary N) is 1. The molecule has 3 saturated heterocycles. The molecule has 9 N–H and O–H groups in total. The summed E-state index contributed by atoms with van der Waals surface area (Å²) in [5, 5.41) is 78.1. The lowest BCUT2D eigenvalue weighted by Gasteiger charge is -2.64. The van der Waals surface area contributed by atoms with Crippen LogP contribution < -0.4 is 19.9 Å². The Labute approximate surface area is 445 Å². The fourth-order valence-electron chi connectivity index (χ4n) is 19.7. The maximum absolute atomic E-state index is 12.1. The first-order valence-corrected chi connectivity index (χ1v) is 29.7. The first kappa shape index (κ1) is 47.8. The average Bonchev–Trinajstić information content (AvgIpc) is 3.72. The molecular weight excluding hydrogens is 961 g/mol. The van der Waals surface area contributed by atoms with Gasteiger partial charge in [0.15, 0.2) is 34.5 Å². The van der Waals surface area contributed by atoms with Gasteiger partial charge in [-0.1, -0.05) is 31.2 Å². The van der Waals surface area contributed by atoms with Crippen LogP contribution in [0.15, 0.2) is 48.6 Å². The van der Waals surface area contributed by atoms with E-state index in [1.165, 1.54) is 61.6 Å². The lowest BCUT2D eigenvalue weighted by Crippen LogP contribution is -2.77. The number of benzene rings is 3. The summed E-state index contributed by atoms with van der Waals surface area (Å²) in [6.07, 6.45) is 17.1. The highest BCUT2D eigenvalue weighted by Gasteiger charge is 2.75. The minimum absolute atomic E-state index is 0.0819. The van der Waals surface area contributed by atoms with Crippen molar-refractivity contribution in [1.82, 2.24) is 14.7 Å². The largest absolute Gasteiger partial charge is 0.504 e. The number of phenols is 3. The second kappa shape index (κ2) is 16.0. The van der Waals surface area contributed by atoms with Gasteiger partial charge >= 0.3 is 0 Å². The number of ether oxygens (including phenoxy) is 3. The van der Waals surface area contributed by atoms with E-state index in [1.54, 1.807) is 18.2 Å². The van der Waals surface area contributed by atoms with Crippen LogP contribution in [0.1, 0.15) is 136 Å². The predicted octanol–water partition coefficient (Wildman–Crippen LogP) is 5.50. The van der Waals surface area contributed by atoms with E-state index in [9.17, 15) is 35.7 Å². The molecule has 3 aromatic carbocycles. The molecule has 14 atom stereocenters. The van der Waals surface area contributed by atoms with Crippen LogP contribution in [-0.4, -0.2) is 155 Å². The Morgan fingerprint density at radius 1 is 0.513 bits per heavy atom. The smallest absolute Gasteiger partial charge is 0.166 e. The summed E-state index contributed by atoms with van der Waals surface area (Å²) < 4.78 is 18.7. The fraction of sp³-hybridized carbons (Fsp3) is 0.677. The number of piperidine rings is 3. The molecule has 406 valence electrons. The molecule has 15 aliphatic rings. The molecule has 14 nitrogen and oxygen atoms in total. The number of hydrogen-bond acceptors (Lipinski definition) is 14. The molecule has 76 heavy (non-hydrogen) atoms. The molecule has 9 fully saturated rings. The highest BCUT2D eigenvalue weighted by molar-refractivity contribution is 5.66. The Hall–Kier alpha value is -4.12. The van der Waals surface area contributed by atoms with E-state index in [1.807, 2.05) is 18.2 Å². The summed E-state index contributed by atoms with van der Waals surface area (Å²) in [6, 6.07) is 11.6. The van der Waals surface area contributed by atoms with Crippen LogP contribution in [0.2, 0.25) is 0 Å². The number of rotatable bonds is 6. The standard InChI is InChI=1S/C21H27NO4.C21H25NO3.C20H26N2O3/c23-14-5-4-13-10-16-21(25)7-6-15(24)19-20(21,17(13)18(14)26-19)8-9-22(16)11-12-2-1-3-12;1-12-6-7-21(24)16-10-14-4-5-15(23)18-17(14)20(21,19(12)25-18)8-9-22(16)11-13-2-3-13;21-13-5-6-20(24)15-9-12-3-4-14(23)17-16(12)19(20,18(13)25-17)7-8-22(15)10-11-1-2-11/h4-5,12,15-16,19,23-25H,1-3,6-11H2;4-5,13,16,19,23-24H,1-3,6-11H2;3-4,11,13,15,18,23-24H,1-2,5-10,21H2/t15-,16+,19-,20-,21+;16-,19+,20+,21-;13-,15-,18+,19+,20-/m011/s1. The summed E-state index contributed by atoms with van der Waals surface area (Å²) in [5.74, 6) is 4.65. The number of aliphatic hydroxyl groups excluding tert-OH is 1. The number of likely N-dealkylation sites (tertiary alicyclic amines) is 3. The summed E-state index contributed by atoms with van der Waals surface area (Å²) in [6.45, 7) is 10.5. The van der Waals surface area contributed by atoms with Crippen molar-refractivity contribution in [3.05, 3.63) is 81.9 Å². The summed E-state index contributed by atoms with van der Waals surface area (Å²) in [4.78, 5) is 7.63. The Kier molecular flexibility index (Phi) is 10.1. The van der Waals surface area contributed by atoms with Gasteiger partial charge in [0.2, 0.25) is 0 Å². The lowest BCUT2D eigenvalue weighted by atomic mass is 9.48. The molecule has 0 amide bonds. The molecule has 9 aliphatic carbocycles. The minimum atomic E-state index is -0.884. The predicted molar refractivity (Wildman–Crippen MR) is 282 cm³/mol. The van der Waals surface area contributed by atoms with Crippen molar-refractivity contribution in [2.75, 3.05) is 39.3 Å². The van der Waals surface area contributed by atoms with Crippen molar-refractivity contribution >= 4 is 0 Å². The molecule has 6 saturated carbocycles. The Bertz CT molecular complexity index is 2960. The minimum Gasteiger partial charge on any atom is -0.504 e. The van der Waals surface area contributed by atoms with Crippen LogP contribution in [0.5, 0.6) is 34.5 Å². The highest BCUT2D eigenvalue weighted by Crippen LogP contribution is 2.69. The second-order valence-electron chi connectivity index (χ2n) is 27.2. The van der Waals surface area contributed by atoms with E-state index in [0.717, 1.165) is 143 Å². The van der Waals surface area contributed by atoms with Gasteiger partial charge in [-0.05, 0) is 193 Å². The molecule has 6 bridgehead atoms. The van der Waals surface area contributed by atoms with Gasteiger partial charge in [-0.3, -0.25) is 14.7 Å². The van der Waals surface area contributed by atoms with E-state index in [0.29, 0.717) is 30.1 Å². The molecule has 0 radical (unpaired) electrons. The van der Waals surface area contributed by atoms with E-state index >= 15 is 0 Å². The van der Waals surface area contributed by atoms with Crippen molar-refractivity contribution in [1.29, 1.82) is 0 Å². The normalized spacial score (nSPS) is 43.1. The molecule has 18 rings (SSSR count). The Balaban J connectivity index is 0.0000000962. The van der Waals surface area contributed by atoms with Gasteiger partial charge in [0.25, 0.3) is 0 Å². The number of aromatic hydroxyl groups is 3. The van der Waals surface area contributed by atoms with Crippen molar-refractivity contribution < 1.29 is 50.0 Å². The van der Waals surface area contributed by atoms with Gasteiger partial charge in [-0.15, -0.1) is 0 Å². The van der Waals surface area contributed by atoms with Gasteiger partial charge in [0.1, 0.15) is 18.3 Å². The van der Waals surface area contributed by atoms with Crippen LogP contribution in [0.3, 0.4) is 0 Å². The first-order valence-electron chi connectivity index (χ1n) is 29.7. The van der Waals surface area contributed by atoms with Gasteiger partial charge in [0.05, 0.1) is 39.2 Å². The topological polar surface area (TPSA) is 205 Å². The van der Waals surface area contributed by atoms with Crippen LogP contribution in [0.4, 0.5) is 0 Å². The first-order chi connectivity index (χ1) is 36.6. The van der Waals surface area contributed by atoms with Crippen LogP contribution in [0, 0.1) is 17.8 Å². The van der Waals surface area contributed by atoms with Gasteiger partial charge in [-0.2, -0.15) is 0 Å². The van der Waals surface area contributed by atoms with Crippen LogP contribution in [-0.2, 0) is 35.5 Å². The van der Waals surface area contributed by atoms with E-state index in [4.69, 9.17) is 19.9 Å². The highest BCUT2D eigenvalue weighted by atomic mass is 16.5. The molecule has 0 aromatic heterocycles. The second-order valence-corrected chi connectivity index (χ2v) is 27.2. The average molecular weight is 1040 g/mol. The quantitative estimate of drug-likeness (QED) is 0.144. The zero-order chi connectivity index (χ0) is 51.6. The molecule has 6 aliphatic heterocycles. The maximum Gasteiger partial charge on any atom is 0.166 e. The summed E-state index contributed by atoms with van der Waals surface area (Å²) >= 11 is 0. The maximum atomic E-state index is 12.1. The molecule has 3 aromatic rings. The van der Waals surface area contributed by atoms with Crippen molar-refractivity contribution in [3.63, 3.8) is 0 Å².